The smallest absolute Gasteiger partial charge is 0.319 e. The molecule has 24 heavy (non-hydrogen) atoms. The highest BCUT2D eigenvalue weighted by Gasteiger charge is 2.05. The van der Waals surface area contributed by atoms with Gasteiger partial charge in [0.15, 0.2) is 0 Å². The molecular weight excluding hydrogens is 304 g/mol. The van der Waals surface area contributed by atoms with Gasteiger partial charge in [-0.05, 0) is 56.2 Å². The van der Waals surface area contributed by atoms with Crippen LogP contribution in [0.1, 0.15) is 19.4 Å². The lowest BCUT2D eigenvalue weighted by Crippen LogP contribution is -2.30. The van der Waals surface area contributed by atoms with E-state index in [1.807, 2.05) is 62.4 Å². The molecule has 2 rings (SSSR count). The summed E-state index contributed by atoms with van der Waals surface area (Å²) in [5.74, 6) is 1.62. The van der Waals surface area contributed by atoms with Crippen molar-refractivity contribution in [2.75, 3.05) is 19.0 Å². The summed E-state index contributed by atoms with van der Waals surface area (Å²) in [6.07, 6.45) is 0.834. The number of carbonyl (C=O) groups is 1. The predicted octanol–water partition coefficient (Wildman–Crippen LogP) is 3.85. The Balaban J connectivity index is 1.79. The molecule has 5 nitrogen and oxygen atoms in total. The first-order valence-corrected chi connectivity index (χ1v) is 8.02. The summed E-state index contributed by atoms with van der Waals surface area (Å²) >= 11 is 0. The average Bonchev–Trinajstić information content (AvgIpc) is 2.56. The van der Waals surface area contributed by atoms with Crippen LogP contribution < -0.4 is 20.1 Å². The van der Waals surface area contributed by atoms with Crippen LogP contribution in [0.5, 0.6) is 11.5 Å². The molecule has 0 radical (unpaired) electrons. The number of rotatable bonds is 7. The molecule has 2 aromatic rings. The first-order chi connectivity index (χ1) is 11.6. The minimum atomic E-state index is -0.234. The van der Waals surface area contributed by atoms with Crippen molar-refractivity contribution in [3.05, 3.63) is 54.1 Å². The number of urea groups is 1. The van der Waals surface area contributed by atoms with Gasteiger partial charge in [-0.15, -0.1) is 0 Å². The van der Waals surface area contributed by atoms with E-state index in [-0.39, 0.29) is 12.1 Å². The van der Waals surface area contributed by atoms with Crippen LogP contribution in [0, 0.1) is 0 Å². The maximum atomic E-state index is 11.9. The Morgan fingerprint density at radius 3 is 2.46 bits per heavy atom. The monoisotopic (exact) mass is 328 g/mol. The summed E-state index contributed by atoms with van der Waals surface area (Å²) < 4.78 is 10.9. The lowest BCUT2D eigenvalue weighted by atomic mass is 10.1. The van der Waals surface area contributed by atoms with Gasteiger partial charge in [-0.1, -0.05) is 18.2 Å². The SMILES string of the molecule is COc1ccccc1CCNC(=O)Nc1ccc(OC(C)C)cc1. The fourth-order valence-corrected chi connectivity index (χ4v) is 2.28. The molecule has 0 bridgehead atoms. The molecule has 0 fully saturated rings. The van der Waals surface area contributed by atoms with Crippen LogP contribution in [0.3, 0.4) is 0 Å². The highest BCUT2D eigenvalue weighted by Crippen LogP contribution is 2.18. The number of carbonyl (C=O) groups excluding carboxylic acids is 1. The number of benzene rings is 2. The van der Waals surface area contributed by atoms with Gasteiger partial charge in [0, 0.05) is 12.2 Å². The maximum absolute atomic E-state index is 11.9. The zero-order valence-electron chi connectivity index (χ0n) is 14.3. The highest BCUT2D eigenvalue weighted by atomic mass is 16.5. The molecule has 0 saturated heterocycles. The lowest BCUT2D eigenvalue weighted by molar-refractivity contribution is 0.242. The second kappa shape index (κ2) is 8.82. The Hall–Kier alpha value is -2.69. The lowest BCUT2D eigenvalue weighted by Gasteiger charge is -2.12. The number of hydrogen-bond acceptors (Lipinski definition) is 3. The maximum Gasteiger partial charge on any atom is 0.319 e. The van der Waals surface area contributed by atoms with Crippen molar-refractivity contribution >= 4 is 11.7 Å². The molecule has 0 aliphatic rings. The molecule has 0 atom stereocenters. The zero-order chi connectivity index (χ0) is 17.4. The van der Waals surface area contributed by atoms with Gasteiger partial charge < -0.3 is 20.1 Å². The molecule has 2 N–H and O–H groups in total. The van der Waals surface area contributed by atoms with E-state index in [1.54, 1.807) is 7.11 Å². The number of hydrogen-bond donors (Lipinski definition) is 2. The molecule has 0 spiro atoms. The van der Waals surface area contributed by atoms with E-state index in [2.05, 4.69) is 10.6 Å². The van der Waals surface area contributed by atoms with Gasteiger partial charge in [0.1, 0.15) is 11.5 Å². The van der Waals surface area contributed by atoms with E-state index in [0.717, 1.165) is 22.7 Å². The Kier molecular flexibility index (Phi) is 6.49. The van der Waals surface area contributed by atoms with Crippen LogP contribution in [-0.4, -0.2) is 25.8 Å². The first-order valence-electron chi connectivity index (χ1n) is 8.02. The summed E-state index contributed by atoms with van der Waals surface area (Å²) in [5, 5.41) is 5.64. The van der Waals surface area contributed by atoms with E-state index >= 15 is 0 Å². The Labute approximate surface area is 143 Å². The van der Waals surface area contributed by atoms with E-state index in [9.17, 15) is 4.79 Å². The number of amides is 2. The molecule has 0 saturated carbocycles. The molecular formula is C19H24N2O3. The first kappa shape index (κ1) is 17.7. The van der Waals surface area contributed by atoms with E-state index in [0.29, 0.717) is 13.0 Å². The standard InChI is InChI=1S/C19H24N2O3/c1-14(2)24-17-10-8-16(9-11-17)21-19(22)20-13-12-15-6-4-5-7-18(15)23-3/h4-11,14H,12-13H2,1-3H3,(H2,20,21,22). The Morgan fingerprint density at radius 2 is 1.79 bits per heavy atom. The fraction of sp³-hybridized carbons (Fsp3) is 0.316. The predicted molar refractivity (Wildman–Crippen MR) is 95.9 cm³/mol. The molecule has 0 heterocycles. The number of anilines is 1. The third-order valence-electron chi connectivity index (χ3n) is 3.36. The van der Waals surface area contributed by atoms with Crippen LogP contribution in [0.2, 0.25) is 0 Å². The van der Waals surface area contributed by atoms with E-state index < -0.39 is 0 Å². The molecule has 128 valence electrons. The van der Waals surface area contributed by atoms with Crippen LogP contribution in [0.15, 0.2) is 48.5 Å². The van der Waals surface area contributed by atoms with Crippen LogP contribution in [0.4, 0.5) is 10.5 Å². The third kappa shape index (κ3) is 5.50. The number of ether oxygens (including phenoxy) is 2. The second-order valence-electron chi connectivity index (χ2n) is 5.63. The number of para-hydroxylation sites is 1. The van der Waals surface area contributed by atoms with Crippen molar-refractivity contribution in [1.29, 1.82) is 0 Å². The molecule has 0 aromatic heterocycles. The van der Waals surface area contributed by atoms with Crippen LogP contribution >= 0.6 is 0 Å². The van der Waals surface area contributed by atoms with Gasteiger partial charge in [0.25, 0.3) is 0 Å². The van der Waals surface area contributed by atoms with Crippen molar-refractivity contribution in [2.45, 2.75) is 26.4 Å². The summed E-state index contributed by atoms with van der Waals surface area (Å²) in [6, 6.07) is 14.9. The summed E-state index contributed by atoms with van der Waals surface area (Å²) in [4.78, 5) is 11.9. The van der Waals surface area contributed by atoms with Crippen LogP contribution in [0.25, 0.3) is 0 Å². The molecule has 0 aliphatic carbocycles. The molecule has 2 amide bonds. The quantitative estimate of drug-likeness (QED) is 0.812. The zero-order valence-corrected chi connectivity index (χ0v) is 14.3. The van der Waals surface area contributed by atoms with Crippen molar-refractivity contribution in [3.8, 4) is 11.5 Å². The molecule has 0 aliphatic heterocycles. The molecule has 5 heteroatoms. The summed E-state index contributed by atoms with van der Waals surface area (Å²) in [7, 11) is 1.64. The number of methoxy groups -OCH3 is 1. The van der Waals surface area contributed by atoms with Crippen LogP contribution in [-0.2, 0) is 6.42 Å². The van der Waals surface area contributed by atoms with Gasteiger partial charge in [-0.3, -0.25) is 0 Å². The largest absolute Gasteiger partial charge is 0.496 e. The highest BCUT2D eigenvalue weighted by molar-refractivity contribution is 5.89. The van der Waals surface area contributed by atoms with Gasteiger partial charge in [-0.25, -0.2) is 4.79 Å². The van der Waals surface area contributed by atoms with Crippen molar-refractivity contribution in [3.63, 3.8) is 0 Å². The van der Waals surface area contributed by atoms with Crippen molar-refractivity contribution in [2.24, 2.45) is 0 Å². The normalized spacial score (nSPS) is 10.3. The topological polar surface area (TPSA) is 59.6 Å². The van der Waals surface area contributed by atoms with E-state index in [1.165, 1.54) is 0 Å². The summed E-state index contributed by atoms with van der Waals surface area (Å²) in [5.41, 5.74) is 1.79. The average molecular weight is 328 g/mol. The summed E-state index contributed by atoms with van der Waals surface area (Å²) in [6.45, 7) is 4.48. The van der Waals surface area contributed by atoms with Crippen molar-refractivity contribution < 1.29 is 14.3 Å². The molecule has 2 aromatic carbocycles. The second-order valence-corrected chi connectivity index (χ2v) is 5.63. The Morgan fingerprint density at radius 1 is 1.08 bits per heavy atom. The Bertz CT molecular complexity index is 654. The molecule has 0 unspecified atom stereocenters. The van der Waals surface area contributed by atoms with Gasteiger partial charge in [-0.2, -0.15) is 0 Å². The number of nitrogens with one attached hydrogen (secondary N) is 2. The van der Waals surface area contributed by atoms with Gasteiger partial charge in [0.2, 0.25) is 0 Å². The van der Waals surface area contributed by atoms with E-state index in [4.69, 9.17) is 9.47 Å². The van der Waals surface area contributed by atoms with Gasteiger partial charge in [0.05, 0.1) is 13.2 Å². The van der Waals surface area contributed by atoms with Crippen molar-refractivity contribution in [1.82, 2.24) is 5.32 Å². The third-order valence-corrected chi connectivity index (χ3v) is 3.36. The minimum absolute atomic E-state index is 0.127. The minimum Gasteiger partial charge on any atom is -0.496 e. The van der Waals surface area contributed by atoms with Gasteiger partial charge >= 0.3 is 6.03 Å². The fourth-order valence-electron chi connectivity index (χ4n) is 2.28.